The van der Waals surface area contributed by atoms with Crippen LogP contribution in [0.2, 0.25) is 0 Å². The Morgan fingerprint density at radius 1 is 0.857 bits per heavy atom. The number of rotatable bonds is 6. The summed E-state index contributed by atoms with van der Waals surface area (Å²) in [4.78, 5) is 31.5. The van der Waals surface area contributed by atoms with Gasteiger partial charge in [0.15, 0.2) is 0 Å². The molecule has 2 amide bonds. The first-order valence-electron chi connectivity index (χ1n) is 8.80. The van der Waals surface area contributed by atoms with Crippen LogP contribution in [0.3, 0.4) is 0 Å². The fraction of sp³-hybridized carbons (Fsp3) is 0.143. The second kappa shape index (κ2) is 8.77. The monoisotopic (exact) mass is 375 g/mol. The van der Waals surface area contributed by atoms with E-state index < -0.39 is 0 Å². The molecule has 7 heteroatoms. The Hall–Kier alpha value is -3.74. The molecule has 7 nitrogen and oxygen atoms in total. The van der Waals surface area contributed by atoms with E-state index in [2.05, 4.69) is 25.9 Å². The molecule has 0 unspecified atom stereocenters. The molecule has 3 aromatic rings. The van der Waals surface area contributed by atoms with E-state index in [1.165, 1.54) is 13.3 Å². The molecule has 0 atom stereocenters. The van der Waals surface area contributed by atoms with Crippen molar-refractivity contribution in [2.75, 3.05) is 16.0 Å². The zero-order valence-electron chi connectivity index (χ0n) is 15.7. The van der Waals surface area contributed by atoms with Gasteiger partial charge >= 0.3 is 0 Å². The highest BCUT2D eigenvalue weighted by Crippen LogP contribution is 2.18. The van der Waals surface area contributed by atoms with Crippen LogP contribution in [0, 0.1) is 6.92 Å². The predicted molar refractivity (Wildman–Crippen MR) is 110 cm³/mol. The molecule has 0 aliphatic heterocycles. The molecule has 0 radical (unpaired) electrons. The van der Waals surface area contributed by atoms with Crippen LogP contribution in [0.4, 0.5) is 22.9 Å². The molecule has 0 spiro atoms. The van der Waals surface area contributed by atoms with Crippen LogP contribution in [0.5, 0.6) is 0 Å². The van der Waals surface area contributed by atoms with Gasteiger partial charge in [0.1, 0.15) is 12.1 Å². The summed E-state index contributed by atoms with van der Waals surface area (Å²) < 4.78 is 0. The zero-order valence-corrected chi connectivity index (χ0v) is 15.7. The van der Waals surface area contributed by atoms with Gasteiger partial charge in [0, 0.05) is 35.7 Å². The molecule has 0 aliphatic carbocycles. The standard InChI is InChI=1S/C21H21N5O2/c1-14-11-20(23-13-22-14)25-18-7-9-19(10-8-18)26-21(28)12-16-3-5-17(6-4-16)24-15(2)27/h3-11,13H,12H2,1-2H3,(H,24,27)(H,26,28)(H,22,23,25). The Morgan fingerprint density at radius 2 is 1.46 bits per heavy atom. The van der Waals surface area contributed by atoms with Gasteiger partial charge in [0.2, 0.25) is 11.8 Å². The molecule has 1 heterocycles. The lowest BCUT2D eigenvalue weighted by atomic mass is 10.1. The Labute approximate surface area is 163 Å². The molecule has 0 saturated heterocycles. The first kappa shape index (κ1) is 19.0. The number of carbonyl (C=O) groups excluding carboxylic acids is 2. The second-order valence-electron chi connectivity index (χ2n) is 6.35. The summed E-state index contributed by atoms with van der Waals surface area (Å²) in [7, 11) is 0. The average molecular weight is 375 g/mol. The Morgan fingerprint density at radius 3 is 2.11 bits per heavy atom. The van der Waals surface area contributed by atoms with Gasteiger partial charge in [0.05, 0.1) is 6.42 Å². The largest absolute Gasteiger partial charge is 0.340 e. The van der Waals surface area contributed by atoms with Gasteiger partial charge in [0.25, 0.3) is 0 Å². The van der Waals surface area contributed by atoms with Gasteiger partial charge in [-0.3, -0.25) is 9.59 Å². The number of benzene rings is 2. The van der Waals surface area contributed by atoms with Crippen molar-refractivity contribution >= 4 is 34.7 Å². The molecule has 2 aromatic carbocycles. The number of nitrogens with zero attached hydrogens (tertiary/aromatic N) is 2. The van der Waals surface area contributed by atoms with E-state index in [4.69, 9.17) is 0 Å². The van der Waals surface area contributed by atoms with Crippen LogP contribution in [0.15, 0.2) is 60.9 Å². The zero-order chi connectivity index (χ0) is 19.9. The molecule has 1 aromatic heterocycles. The molecule has 0 saturated carbocycles. The molecular formula is C21H21N5O2. The Bertz CT molecular complexity index is 969. The number of hydrogen-bond donors (Lipinski definition) is 3. The van der Waals surface area contributed by atoms with Gasteiger partial charge in [-0.1, -0.05) is 12.1 Å². The molecule has 0 bridgehead atoms. The third-order valence-electron chi connectivity index (χ3n) is 3.88. The summed E-state index contributed by atoms with van der Waals surface area (Å²) in [6.45, 7) is 3.36. The molecule has 28 heavy (non-hydrogen) atoms. The van der Waals surface area contributed by atoms with Gasteiger partial charge in [-0.05, 0) is 48.9 Å². The van der Waals surface area contributed by atoms with Crippen LogP contribution in [-0.2, 0) is 16.0 Å². The highest BCUT2D eigenvalue weighted by atomic mass is 16.2. The summed E-state index contributed by atoms with van der Waals surface area (Å²) >= 11 is 0. The number of anilines is 4. The highest BCUT2D eigenvalue weighted by Gasteiger charge is 2.05. The van der Waals surface area contributed by atoms with Crippen molar-refractivity contribution in [1.29, 1.82) is 0 Å². The smallest absolute Gasteiger partial charge is 0.228 e. The van der Waals surface area contributed by atoms with Crippen LogP contribution in [0.25, 0.3) is 0 Å². The van der Waals surface area contributed by atoms with Crippen LogP contribution >= 0.6 is 0 Å². The van der Waals surface area contributed by atoms with E-state index in [0.29, 0.717) is 17.2 Å². The summed E-state index contributed by atoms with van der Waals surface area (Å²) in [6.07, 6.45) is 1.76. The lowest BCUT2D eigenvalue weighted by molar-refractivity contribution is -0.116. The van der Waals surface area contributed by atoms with E-state index in [-0.39, 0.29) is 18.2 Å². The maximum absolute atomic E-state index is 12.2. The van der Waals surface area contributed by atoms with E-state index in [1.54, 1.807) is 12.1 Å². The number of aromatic nitrogens is 2. The van der Waals surface area contributed by atoms with Gasteiger partial charge in [-0.15, -0.1) is 0 Å². The second-order valence-corrected chi connectivity index (χ2v) is 6.35. The fourth-order valence-corrected chi connectivity index (χ4v) is 2.61. The Balaban J connectivity index is 1.54. The maximum Gasteiger partial charge on any atom is 0.228 e. The van der Waals surface area contributed by atoms with Crippen molar-refractivity contribution in [3.63, 3.8) is 0 Å². The average Bonchev–Trinajstić information content (AvgIpc) is 2.64. The molecule has 0 aliphatic rings. The fourth-order valence-electron chi connectivity index (χ4n) is 2.61. The number of carbonyl (C=O) groups is 2. The molecule has 142 valence electrons. The molecule has 0 fully saturated rings. The van der Waals surface area contributed by atoms with Crippen molar-refractivity contribution in [2.45, 2.75) is 20.3 Å². The van der Waals surface area contributed by atoms with Crippen molar-refractivity contribution in [3.8, 4) is 0 Å². The molecule has 3 rings (SSSR count). The van der Waals surface area contributed by atoms with Crippen LogP contribution in [0.1, 0.15) is 18.2 Å². The van der Waals surface area contributed by atoms with E-state index >= 15 is 0 Å². The number of hydrogen-bond acceptors (Lipinski definition) is 5. The number of nitrogens with one attached hydrogen (secondary N) is 3. The lowest BCUT2D eigenvalue weighted by Gasteiger charge is -2.09. The predicted octanol–water partition coefficient (Wildman–Crippen LogP) is 3.67. The van der Waals surface area contributed by atoms with E-state index in [0.717, 1.165) is 16.9 Å². The minimum atomic E-state index is -0.127. The minimum absolute atomic E-state index is 0.112. The molecule has 3 N–H and O–H groups in total. The third-order valence-corrected chi connectivity index (χ3v) is 3.88. The highest BCUT2D eigenvalue weighted by molar-refractivity contribution is 5.92. The lowest BCUT2D eigenvalue weighted by Crippen LogP contribution is -2.14. The van der Waals surface area contributed by atoms with Gasteiger partial charge in [-0.2, -0.15) is 0 Å². The first-order valence-corrected chi connectivity index (χ1v) is 8.80. The topological polar surface area (TPSA) is 96.0 Å². The van der Waals surface area contributed by atoms with Gasteiger partial charge < -0.3 is 16.0 Å². The number of amides is 2. The number of aryl methyl sites for hydroxylation is 1. The maximum atomic E-state index is 12.2. The van der Waals surface area contributed by atoms with Crippen molar-refractivity contribution in [1.82, 2.24) is 9.97 Å². The summed E-state index contributed by atoms with van der Waals surface area (Å²) in [5.41, 5.74) is 4.03. The Kier molecular flexibility index (Phi) is 5.96. The van der Waals surface area contributed by atoms with Crippen molar-refractivity contribution in [2.24, 2.45) is 0 Å². The quantitative estimate of drug-likeness (QED) is 0.611. The SMILES string of the molecule is CC(=O)Nc1ccc(CC(=O)Nc2ccc(Nc3cc(C)ncn3)cc2)cc1. The van der Waals surface area contributed by atoms with Crippen molar-refractivity contribution in [3.05, 3.63) is 72.2 Å². The summed E-state index contributed by atoms with van der Waals surface area (Å²) in [5.74, 6) is 0.477. The van der Waals surface area contributed by atoms with Crippen LogP contribution in [-0.4, -0.2) is 21.8 Å². The normalized spacial score (nSPS) is 10.2. The van der Waals surface area contributed by atoms with Crippen LogP contribution < -0.4 is 16.0 Å². The van der Waals surface area contributed by atoms with E-state index in [9.17, 15) is 9.59 Å². The van der Waals surface area contributed by atoms with Crippen molar-refractivity contribution < 1.29 is 9.59 Å². The minimum Gasteiger partial charge on any atom is -0.340 e. The molecular weight excluding hydrogens is 354 g/mol. The first-order chi connectivity index (χ1) is 13.5. The summed E-state index contributed by atoms with van der Waals surface area (Å²) in [6, 6.07) is 16.4. The third kappa shape index (κ3) is 5.63. The van der Waals surface area contributed by atoms with Gasteiger partial charge in [-0.25, -0.2) is 9.97 Å². The summed E-state index contributed by atoms with van der Waals surface area (Å²) in [5, 5.41) is 8.76. The van der Waals surface area contributed by atoms with E-state index in [1.807, 2.05) is 49.4 Å².